The van der Waals surface area contributed by atoms with Crippen LogP contribution < -0.4 is 9.47 Å². The van der Waals surface area contributed by atoms with E-state index in [1.807, 2.05) is 43.3 Å². The molecular weight excluding hydrogens is 214 g/mol. The molecular formula is C14H15NO2. The van der Waals surface area contributed by atoms with Crippen molar-refractivity contribution in [2.75, 3.05) is 7.11 Å². The Labute approximate surface area is 101 Å². The molecule has 0 bridgehead atoms. The molecule has 2 aromatic rings. The van der Waals surface area contributed by atoms with Gasteiger partial charge in [-0.2, -0.15) is 0 Å². The summed E-state index contributed by atoms with van der Waals surface area (Å²) < 4.78 is 10.9. The zero-order valence-corrected chi connectivity index (χ0v) is 10.0. The third-order valence-corrected chi connectivity index (χ3v) is 2.43. The van der Waals surface area contributed by atoms with Crippen LogP contribution in [0.5, 0.6) is 11.5 Å². The third kappa shape index (κ3) is 2.97. The number of hydrogen-bond acceptors (Lipinski definition) is 3. The molecule has 0 aliphatic heterocycles. The van der Waals surface area contributed by atoms with Gasteiger partial charge in [-0.3, -0.25) is 4.98 Å². The van der Waals surface area contributed by atoms with E-state index in [4.69, 9.17) is 9.47 Å². The first-order valence-electron chi connectivity index (χ1n) is 5.47. The van der Waals surface area contributed by atoms with Crippen molar-refractivity contribution in [2.45, 2.75) is 13.5 Å². The molecule has 2 rings (SSSR count). The van der Waals surface area contributed by atoms with Crippen molar-refractivity contribution in [1.82, 2.24) is 4.98 Å². The van der Waals surface area contributed by atoms with E-state index < -0.39 is 0 Å². The SMILES string of the molecule is COc1cc(C)ncc1OCc1ccccc1. The highest BCUT2D eigenvalue weighted by Crippen LogP contribution is 2.26. The number of hydrogen-bond donors (Lipinski definition) is 0. The van der Waals surface area contributed by atoms with E-state index >= 15 is 0 Å². The van der Waals surface area contributed by atoms with Gasteiger partial charge in [-0.1, -0.05) is 30.3 Å². The second-order valence-electron chi connectivity index (χ2n) is 3.75. The number of pyridine rings is 1. The van der Waals surface area contributed by atoms with Crippen molar-refractivity contribution < 1.29 is 9.47 Å². The van der Waals surface area contributed by atoms with Crippen LogP contribution in [0.25, 0.3) is 0 Å². The van der Waals surface area contributed by atoms with Gasteiger partial charge in [0.15, 0.2) is 11.5 Å². The monoisotopic (exact) mass is 229 g/mol. The van der Waals surface area contributed by atoms with Gasteiger partial charge in [0.05, 0.1) is 13.3 Å². The smallest absolute Gasteiger partial charge is 0.179 e. The zero-order chi connectivity index (χ0) is 12.1. The normalized spacial score (nSPS) is 10.0. The molecule has 1 heterocycles. The van der Waals surface area contributed by atoms with Crippen LogP contribution in [0.1, 0.15) is 11.3 Å². The van der Waals surface area contributed by atoms with Crippen LogP contribution in [-0.4, -0.2) is 12.1 Å². The lowest BCUT2D eigenvalue weighted by atomic mass is 10.2. The first-order chi connectivity index (χ1) is 8.29. The van der Waals surface area contributed by atoms with E-state index in [1.165, 1.54) is 0 Å². The molecule has 17 heavy (non-hydrogen) atoms. The van der Waals surface area contributed by atoms with Gasteiger partial charge >= 0.3 is 0 Å². The zero-order valence-electron chi connectivity index (χ0n) is 10.0. The molecule has 0 saturated heterocycles. The van der Waals surface area contributed by atoms with E-state index in [2.05, 4.69) is 4.98 Å². The van der Waals surface area contributed by atoms with Crippen LogP contribution in [0.3, 0.4) is 0 Å². The Morgan fingerprint density at radius 1 is 1.12 bits per heavy atom. The van der Waals surface area contributed by atoms with Crippen LogP contribution >= 0.6 is 0 Å². The molecule has 0 fully saturated rings. The lowest BCUT2D eigenvalue weighted by Gasteiger charge is -2.10. The highest BCUT2D eigenvalue weighted by atomic mass is 16.5. The minimum Gasteiger partial charge on any atom is -0.493 e. The van der Waals surface area contributed by atoms with Gasteiger partial charge in [-0.05, 0) is 12.5 Å². The Hall–Kier alpha value is -2.03. The van der Waals surface area contributed by atoms with Crippen LogP contribution in [0, 0.1) is 6.92 Å². The maximum absolute atomic E-state index is 5.68. The average molecular weight is 229 g/mol. The van der Waals surface area contributed by atoms with Gasteiger partial charge in [0.2, 0.25) is 0 Å². The Bertz CT molecular complexity index is 483. The summed E-state index contributed by atoms with van der Waals surface area (Å²) in [5.74, 6) is 1.38. The van der Waals surface area contributed by atoms with Gasteiger partial charge in [0.25, 0.3) is 0 Å². The quantitative estimate of drug-likeness (QED) is 0.807. The number of benzene rings is 1. The number of methoxy groups -OCH3 is 1. The largest absolute Gasteiger partial charge is 0.493 e. The standard InChI is InChI=1S/C14H15NO2/c1-11-8-13(16-2)14(9-15-11)17-10-12-6-4-3-5-7-12/h3-9H,10H2,1-2H3. The van der Waals surface area contributed by atoms with Gasteiger partial charge in [0.1, 0.15) is 6.61 Å². The minimum absolute atomic E-state index is 0.516. The first-order valence-corrected chi connectivity index (χ1v) is 5.47. The Morgan fingerprint density at radius 3 is 2.59 bits per heavy atom. The molecule has 3 nitrogen and oxygen atoms in total. The van der Waals surface area contributed by atoms with Gasteiger partial charge < -0.3 is 9.47 Å². The number of aryl methyl sites for hydroxylation is 1. The Kier molecular flexibility index (Phi) is 3.60. The van der Waals surface area contributed by atoms with Gasteiger partial charge in [0, 0.05) is 11.8 Å². The number of nitrogens with zero attached hydrogens (tertiary/aromatic N) is 1. The third-order valence-electron chi connectivity index (χ3n) is 2.43. The van der Waals surface area contributed by atoms with E-state index in [-0.39, 0.29) is 0 Å². The highest BCUT2D eigenvalue weighted by molar-refractivity contribution is 5.38. The molecule has 0 aliphatic carbocycles. The second kappa shape index (κ2) is 5.34. The molecule has 0 spiro atoms. The molecule has 0 saturated carbocycles. The molecule has 88 valence electrons. The van der Waals surface area contributed by atoms with Crippen LogP contribution in [0.2, 0.25) is 0 Å². The van der Waals surface area contributed by atoms with Crippen molar-refractivity contribution in [2.24, 2.45) is 0 Å². The molecule has 0 amide bonds. The van der Waals surface area contributed by atoms with Crippen LogP contribution in [0.4, 0.5) is 0 Å². The topological polar surface area (TPSA) is 31.4 Å². The fourth-order valence-electron chi connectivity index (χ4n) is 1.53. The lowest BCUT2D eigenvalue weighted by Crippen LogP contribution is -1.98. The van der Waals surface area contributed by atoms with Gasteiger partial charge in [-0.15, -0.1) is 0 Å². The summed E-state index contributed by atoms with van der Waals surface area (Å²) in [5.41, 5.74) is 2.03. The summed E-state index contributed by atoms with van der Waals surface area (Å²) in [6.07, 6.45) is 1.69. The van der Waals surface area contributed by atoms with Crippen molar-refractivity contribution in [1.29, 1.82) is 0 Å². The number of aromatic nitrogens is 1. The molecule has 0 aliphatic rings. The number of ether oxygens (including phenoxy) is 2. The van der Waals surface area contributed by atoms with Crippen molar-refractivity contribution >= 4 is 0 Å². The summed E-state index contributed by atoms with van der Waals surface area (Å²) in [7, 11) is 1.63. The Balaban J connectivity index is 2.09. The van der Waals surface area contributed by atoms with Gasteiger partial charge in [-0.25, -0.2) is 0 Å². The molecule has 0 atom stereocenters. The summed E-state index contributed by atoms with van der Waals surface area (Å²) in [5, 5.41) is 0. The average Bonchev–Trinajstić information content (AvgIpc) is 2.38. The van der Waals surface area contributed by atoms with E-state index in [1.54, 1.807) is 13.3 Å². The predicted molar refractivity (Wildman–Crippen MR) is 66.3 cm³/mol. The summed E-state index contributed by atoms with van der Waals surface area (Å²) in [4.78, 5) is 4.20. The molecule has 0 radical (unpaired) electrons. The van der Waals surface area contributed by atoms with Crippen molar-refractivity contribution in [3.63, 3.8) is 0 Å². The first kappa shape index (κ1) is 11.5. The second-order valence-corrected chi connectivity index (χ2v) is 3.75. The summed E-state index contributed by atoms with van der Waals surface area (Å²) in [6, 6.07) is 11.9. The minimum atomic E-state index is 0.516. The molecule has 3 heteroatoms. The van der Waals surface area contributed by atoms with Crippen LogP contribution in [-0.2, 0) is 6.61 Å². The Morgan fingerprint density at radius 2 is 1.88 bits per heavy atom. The molecule has 0 N–H and O–H groups in total. The fraction of sp³-hybridized carbons (Fsp3) is 0.214. The maximum Gasteiger partial charge on any atom is 0.179 e. The molecule has 1 aromatic heterocycles. The molecule has 0 unspecified atom stereocenters. The van der Waals surface area contributed by atoms with E-state index in [0.29, 0.717) is 18.1 Å². The van der Waals surface area contributed by atoms with Crippen molar-refractivity contribution in [3.8, 4) is 11.5 Å². The number of rotatable bonds is 4. The predicted octanol–water partition coefficient (Wildman–Crippen LogP) is 2.98. The van der Waals surface area contributed by atoms with Crippen LogP contribution in [0.15, 0.2) is 42.6 Å². The maximum atomic E-state index is 5.68. The highest BCUT2D eigenvalue weighted by Gasteiger charge is 2.05. The van der Waals surface area contributed by atoms with E-state index in [0.717, 1.165) is 11.3 Å². The fourth-order valence-corrected chi connectivity index (χ4v) is 1.53. The summed E-state index contributed by atoms with van der Waals surface area (Å²) >= 11 is 0. The lowest BCUT2D eigenvalue weighted by molar-refractivity contribution is 0.283. The van der Waals surface area contributed by atoms with Crippen molar-refractivity contribution in [3.05, 3.63) is 53.9 Å². The van der Waals surface area contributed by atoms with E-state index in [9.17, 15) is 0 Å². The summed E-state index contributed by atoms with van der Waals surface area (Å²) in [6.45, 7) is 2.44. The molecule has 1 aromatic carbocycles.